The first-order valence-corrected chi connectivity index (χ1v) is 7.09. The van der Waals surface area contributed by atoms with Gasteiger partial charge in [0.05, 0.1) is 6.61 Å². The van der Waals surface area contributed by atoms with Gasteiger partial charge < -0.3 is 10.1 Å². The Labute approximate surface area is 131 Å². The fraction of sp³-hybridized carbons (Fsp3) is 0.214. The van der Waals surface area contributed by atoms with Crippen LogP contribution in [0.2, 0.25) is 10.4 Å². The fourth-order valence-corrected chi connectivity index (χ4v) is 2.67. The van der Waals surface area contributed by atoms with Gasteiger partial charge in [-0.15, -0.1) is 0 Å². The van der Waals surface area contributed by atoms with E-state index in [0.29, 0.717) is 6.61 Å². The molecule has 1 aromatic carbocycles. The molecule has 1 aromatic heterocycles. The van der Waals surface area contributed by atoms with Crippen molar-refractivity contribution in [2.45, 2.75) is 12.5 Å². The number of rotatable bonds is 2. The zero-order valence-electron chi connectivity index (χ0n) is 10.8. The second-order valence-electron chi connectivity index (χ2n) is 4.53. The molecule has 0 bridgehead atoms. The maximum atomic E-state index is 12.4. The first-order valence-electron chi connectivity index (χ1n) is 6.34. The third-order valence-electron chi connectivity index (χ3n) is 3.15. The van der Waals surface area contributed by atoms with Crippen molar-refractivity contribution in [3.05, 3.63) is 51.9 Å². The molecule has 0 radical (unpaired) electrons. The van der Waals surface area contributed by atoms with Gasteiger partial charge in [-0.2, -0.15) is 0 Å². The van der Waals surface area contributed by atoms with Crippen molar-refractivity contribution in [3.8, 4) is 0 Å². The smallest absolute Gasteiger partial charge is 0.259 e. The molecule has 0 saturated heterocycles. The molecule has 5 nitrogen and oxygen atoms in total. The van der Waals surface area contributed by atoms with Crippen molar-refractivity contribution in [2.24, 2.45) is 0 Å². The third-order valence-corrected chi connectivity index (χ3v) is 3.51. The molecule has 1 N–H and O–H groups in total. The lowest BCUT2D eigenvalue weighted by atomic mass is 9.97. The molecule has 2 aromatic rings. The molecule has 1 aliphatic heterocycles. The Morgan fingerprint density at radius 2 is 2.10 bits per heavy atom. The largest absolute Gasteiger partial charge is 0.363 e. The van der Waals surface area contributed by atoms with Crippen molar-refractivity contribution in [1.82, 2.24) is 9.97 Å². The van der Waals surface area contributed by atoms with E-state index in [1.807, 2.05) is 24.3 Å². The van der Waals surface area contributed by atoms with Crippen molar-refractivity contribution in [3.63, 3.8) is 0 Å². The second kappa shape index (κ2) is 5.97. The molecule has 1 aliphatic rings. The van der Waals surface area contributed by atoms with E-state index in [-0.39, 0.29) is 22.2 Å². The van der Waals surface area contributed by atoms with E-state index in [1.165, 1.54) is 6.07 Å². The Bertz CT molecular complexity index is 673. The normalized spacial score (nSPS) is 17.1. The van der Waals surface area contributed by atoms with E-state index in [0.717, 1.165) is 17.5 Å². The Kier molecular flexibility index (Phi) is 4.05. The number of halogens is 2. The van der Waals surface area contributed by atoms with Gasteiger partial charge in [0.2, 0.25) is 5.28 Å². The number of carbonyl (C=O) groups is 1. The Balaban J connectivity index is 1.83. The number of hydrogen-bond donors (Lipinski definition) is 1. The summed E-state index contributed by atoms with van der Waals surface area (Å²) in [5, 5.41) is 2.79. The van der Waals surface area contributed by atoms with Crippen LogP contribution in [0.15, 0.2) is 30.3 Å². The summed E-state index contributed by atoms with van der Waals surface area (Å²) in [7, 11) is 0. The van der Waals surface area contributed by atoms with E-state index in [9.17, 15) is 4.79 Å². The lowest BCUT2D eigenvalue weighted by Gasteiger charge is -2.25. The van der Waals surface area contributed by atoms with Gasteiger partial charge in [-0.25, -0.2) is 9.97 Å². The molecule has 3 rings (SSSR count). The molecule has 108 valence electrons. The van der Waals surface area contributed by atoms with Gasteiger partial charge in [0.25, 0.3) is 5.91 Å². The SMILES string of the molecule is O=C(Nc1cc(Cl)nc(Cl)n1)C1OCCc2ccccc21. The highest BCUT2D eigenvalue weighted by atomic mass is 35.5. The lowest BCUT2D eigenvalue weighted by Crippen LogP contribution is -2.28. The minimum Gasteiger partial charge on any atom is -0.363 e. The maximum Gasteiger partial charge on any atom is 0.259 e. The number of anilines is 1. The summed E-state index contributed by atoms with van der Waals surface area (Å²) in [5.74, 6) is -0.0652. The third kappa shape index (κ3) is 3.15. The number of carbonyl (C=O) groups excluding carboxylic acids is 1. The van der Waals surface area contributed by atoms with Crippen molar-refractivity contribution in [2.75, 3.05) is 11.9 Å². The summed E-state index contributed by atoms with van der Waals surface area (Å²) >= 11 is 11.5. The number of nitrogens with one attached hydrogen (secondary N) is 1. The molecule has 7 heteroatoms. The van der Waals surface area contributed by atoms with Crippen LogP contribution in [0, 0.1) is 0 Å². The molecule has 1 unspecified atom stereocenters. The van der Waals surface area contributed by atoms with Crippen LogP contribution in [-0.2, 0) is 16.0 Å². The first-order chi connectivity index (χ1) is 10.1. The highest BCUT2D eigenvalue weighted by Gasteiger charge is 2.27. The van der Waals surface area contributed by atoms with Gasteiger partial charge in [-0.3, -0.25) is 4.79 Å². The average molecular weight is 324 g/mol. The minimum atomic E-state index is -0.664. The number of nitrogens with zero attached hydrogens (tertiary/aromatic N) is 2. The van der Waals surface area contributed by atoms with Crippen LogP contribution in [-0.4, -0.2) is 22.5 Å². The molecule has 2 heterocycles. The summed E-state index contributed by atoms with van der Waals surface area (Å²) in [4.78, 5) is 20.0. The van der Waals surface area contributed by atoms with Crippen LogP contribution in [0.1, 0.15) is 17.2 Å². The molecular formula is C14H11Cl2N3O2. The summed E-state index contributed by atoms with van der Waals surface area (Å²) in [6.45, 7) is 0.500. The zero-order chi connectivity index (χ0) is 14.8. The Morgan fingerprint density at radius 1 is 1.29 bits per heavy atom. The predicted octanol–water partition coefficient (Wildman–Crippen LogP) is 3.04. The quantitative estimate of drug-likeness (QED) is 0.681. The van der Waals surface area contributed by atoms with Gasteiger partial charge in [0, 0.05) is 6.07 Å². The molecule has 0 aliphatic carbocycles. The molecular weight excluding hydrogens is 313 g/mol. The number of aromatic nitrogens is 2. The van der Waals surface area contributed by atoms with E-state index in [2.05, 4.69) is 15.3 Å². The number of fused-ring (bicyclic) bond motifs is 1. The van der Waals surface area contributed by atoms with Crippen LogP contribution in [0.3, 0.4) is 0 Å². The second-order valence-corrected chi connectivity index (χ2v) is 5.26. The van der Waals surface area contributed by atoms with E-state index in [4.69, 9.17) is 27.9 Å². The van der Waals surface area contributed by atoms with Gasteiger partial charge in [0.1, 0.15) is 11.0 Å². The minimum absolute atomic E-state index is 0.0252. The molecule has 1 amide bonds. The number of amides is 1. The monoisotopic (exact) mass is 323 g/mol. The zero-order valence-corrected chi connectivity index (χ0v) is 12.4. The fourth-order valence-electron chi connectivity index (χ4n) is 2.26. The maximum absolute atomic E-state index is 12.4. The van der Waals surface area contributed by atoms with Crippen LogP contribution in [0.4, 0.5) is 5.82 Å². The average Bonchev–Trinajstić information content (AvgIpc) is 2.45. The first kappa shape index (κ1) is 14.3. The van der Waals surface area contributed by atoms with Gasteiger partial charge in [-0.05, 0) is 29.1 Å². The van der Waals surface area contributed by atoms with Crippen LogP contribution in [0.25, 0.3) is 0 Å². The Hall–Kier alpha value is -1.69. The highest BCUT2D eigenvalue weighted by Crippen LogP contribution is 2.28. The molecule has 0 spiro atoms. The highest BCUT2D eigenvalue weighted by molar-refractivity contribution is 6.32. The molecule has 0 fully saturated rings. The van der Waals surface area contributed by atoms with Crippen LogP contribution < -0.4 is 5.32 Å². The van der Waals surface area contributed by atoms with Crippen LogP contribution >= 0.6 is 23.2 Å². The lowest BCUT2D eigenvalue weighted by molar-refractivity contribution is -0.128. The Morgan fingerprint density at radius 3 is 2.90 bits per heavy atom. The number of benzene rings is 1. The van der Waals surface area contributed by atoms with Crippen molar-refractivity contribution >= 4 is 34.9 Å². The van der Waals surface area contributed by atoms with E-state index < -0.39 is 6.10 Å². The van der Waals surface area contributed by atoms with E-state index >= 15 is 0 Å². The van der Waals surface area contributed by atoms with Crippen LogP contribution in [0.5, 0.6) is 0 Å². The summed E-state index contributed by atoms with van der Waals surface area (Å²) in [5.41, 5.74) is 1.98. The van der Waals surface area contributed by atoms with E-state index in [1.54, 1.807) is 0 Å². The standard InChI is InChI=1S/C14H11Cl2N3O2/c15-10-7-11(19-14(16)17-10)18-13(20)12-9-4-2-1-3-8(9)5-6-21-12/h1-4,7,12H,5-6H2,(H,17,18,19,20). The molecule has 1 atom stereocenters. The van der Waals surface area contributed by atoms with Crippen molar-refractivity contribution < 1.29 is 9.53 Å². The molecule has 21 heavy (non-hydrogen) atoms. The topological polar surface area (TPSA) is 64.1 Å². The number of hydrogen-bond acceptors (Lipinski definition) is 4. The van der Waals surface area contributed by atoms with Gasteiger partial charge >= 0.3 is 0 Å². The summed E-state index contributed by atoms with van der Waals surface area (Å²) < 4.78 is 5.58. The predicted molar refractivity (Wildman–Crippen MR) is 79.5 cm³/mol. The van der Waals surface area contributed by atoms with Gasteiger partial charge in [-0.1, -0.05) is 35.9 Å². The molecule has 0 saturated carbocycles. The van der Waals surface area contributed by atoms with Crippen molar-refractivity contribution in [1.29, 1.82) is 0 Å². The summed E-state index contributed by atoms with van der Waals surface area (Å²) in [6, 6.07) is 9.14. The van der Waals surface area contributed by atoms with Gasteiger partial charge in [0.15, 0.2) is 6.10 Å². The number of ether oxygens (including phenoxy) is 1. The summed E-state index contributed by atoms with van der Waals surface area (Å²) in [6.07, 6.45) is 0.132.